The molecule has 3 aromatic carbocycles. The third kappa shape index (κ3) is 8.40. The molecular formula is C45H56N8O7. The van der Waals surface area contributed by atoms with E-state index in [1.807, 2.05) is 50.5 Å². The van der Waals surface area contributed by atoms with Gasteiger partial charge in [-0.15, -0.1) is 0 Å². The van der Waals surface area contributed by atoms with Crippen LogP contribution in [-0.2, 0) is 23.8 Å². The first kappa shape index (κ1) is 42.2. The van der Waals surface area contributed by atoms with Crippen LogP contribution >= 0.6 is 0 Å². The van der Waals surface area contributed by atoms with E-state index >= 15 is 0 Å². The Kier molecular flexibility index (Phi) is 12.5. The third-order valence-corrected chi connectivity index (χ3v) is 11.9. The predicted molar refractivity (Wildman–Crippen MR) is 228 cm³/mol. The topological polar surface area (TPSA) is 184 Å². The van der Waals surface area contributed by atoms with Gasteiger partial charge in [-0.05, 0) is 66.7 Å². The van der Waals surface area contributed by atoms with Gasteiger partial charge in [0.05, 0.1) is 49.6 Å². The second-order valence-electron chi connectivity index (χ2n) is 16.7. The van der Waals surface area contributed by atoms with Crippen molar-refractivity contribution in [3.05, 3.63) is 71.9 Å². The van der Waals surface area contributed by atoms with Gasteiger partial charge in [0.1, 0.15) is 23.7 Å². The molecule has 1 unspecified atom stereocenters. The van der Waals surface area contributed by atoms with E-state index in [0.29, 0.717) is 31.9 Å². The first-order valence-corrected chi connectivity index (χ1v) is 20.7. The summed E-state index contributed by atoms with van der Waals surface area (Å²) in [7, 11) is 4.24. The van der Waals surface area contributed by atoms with Crippen LogP contribution in [0.2, 0.25) is 0 Å². The number of aromatic nitrogens is 4. The van der Waals surface area contributed by atoms with Gasteiger partial charge < -0.3 is 44.6 Å². The summed E-state index contributed by atoms with van der Waals surface area (Å²) in [6, 6.07) is 16.8. The summed E-state index contributed by atoms with van der Waals surface area (Å²) in [6.45, 7) is 11.2. The van der Waals surface area contributed by atoms with Gasteiger partial charge in [0, 0.05) is 42.8 Å². The molecule has 0 spiro atoms. The van der Waals surface area contributed by atoms with E-state index in [-0.39, 0.29) is 41.7 Å². The lowest BCUT2D eigenvalue weighted by Crippen LogP contribution is -2.51. The van der Waals surface area contributed by atoms with Gasteiger partial charge in [-0.3, -0.25) is 9.59 Å². The lowest BCUT2D eigenvalue weighted by molar-refractivity contribution is -0.136. The molecule has 0 saturated carbocycles. The number of methoxy groups -OCH3 is 3. The second-order valence-corrected chi connectivity index (χ2v) is 16.7. The summed E-state index contributed by atoms with van der Waals surface area (Å²) in [5.41, 5.74) is 6.50. The Morgan fingerprint density at radius 2 is 1.38 bits per heavy atom. The number of imidazole rings is 2. The maximum Gasteiger partial charge on any atom is 0.407 e. The highest BCUT2D eigenvalue weighted by Gasteiger charge is 2.42. The Hall–Kier alpha value is -5.96. The minimum Gasteiger partial charge on any atom is -0.453 e. The average molecular weight is 821 g/mol. The van der Waals surface area contributed by atoms with E-state index in [1.54, 1.807) is 7.11 Å². The van der Waals surface area contributed by atoms with Crippen LogP contribution in [0.25, 0.3) is 44.2 Å². The third-order valence-electron chi connectivity index (χ3n) is 11.9. The maximum atomic E-state index is 14.0. The monoisotopic (exact) mass is 820 g/mol. The Labute approximate surface area is 349 Å². The zero-order valence-corrected chi connectivity index (χ0v) is 35.6. The maximum absolute atomic E-state index is 14.0. The van der Waals surface area contributed by atoms with Crippen LogP contribution in [0.1, 0.15) is 76.4 Å². The van der Waals surface area contributed by atoms with Crippen LogP contribution in [-0.4, -0.2) is 107 Å². The normalized spacial score (nSPS) is 19.0. The molecule has 0 bridgehead atoms. The molecule has 0 radical (unpaired) electrons. The summed E-state index contributed by atoms with van der Waals surface area (Å²) in [5.74, 6) is 0.957. The number of carbonyl (C=O) groups excluding carboxylic acids is 4. The molecule has 2 aromatic heterocycles. The Morgan fingerprint density at radius 3 is 2.02 bits per heavy atom. The van der Waals surface area contributed by atoms with Crippen molar-refractivity contribution in [1.82, 2.24) is 40.4 Å². The molecule has 5 atom stereocenters. The minimum absolute atomic E-state index is 0.113. The number of rotatable bonds is 12. The van der Waals surface area contributed by atoms with Gasteiger partial charge in [0.25, 0.3) is 0 Å². The van der Waals surface area contributed by atoms with Gasteiger partial charge in [0.15, 0.2) is 0 Å². The molecule has 15 heteroatoms. The molecule has 4 N–H and O–H groups in total. The smallest absolute Gasteiger partial charge is 0.407 e. The van der Waals surface area contributed by atoms with Crippen LogP contribution in [0.3, 0.4) is 0 Å². The fraction of sp³-hybridized carbons (Fsp3) is 0.467. The quantitative estimate of drug-likeness (QED) is 0.103. The van der Waals surface area contributed by atoms with Gasteiger partial charge in [-0.1, -0.05) is 70.2 Å². The van der Waals surface area contributed by atoms with Crippen molar-refractivity contribution in [3.63, 3.8) is 0 Å². The number of nitrogens with zero attached hydrogens (tertiary/aromatic N) is 4. The van der Waals surface area contributed by atoms with Crippen molar-refractivity contribution in [2.75, 3.05) is 41.0 Å². The second kappa shape index (κ2) is 17.7. The van der Waals surface area contributed by atoms with Gasteiger partial charge in [-0.25, -0.2) is 19.6 Å². The summed E-state index contributed by atoms with van der Waals surface area (Å²) in [6.07, 6.45) is 1.02. The Bertz CT molecular complexity index is 2370. The summed E-state index contributed by atoms with van der Waals surface area (Å²) in [5, 5.41) is 7.47. The molecule has 0 aliphatic carbocycles. The largest absolute Gasteiger partial charge is 0.453 e. The zero-order valence-electron chi connectivity index (χ0n) is 35.6. The molecule has 60 heavy (non-hydrogen) atoms. The number of ether oxygens (including phenoxy) is 3. The molecule has 2 fully saturated rings. The number of aromatic amines is 2. The number of benzene rings is 3. The highest BCUT2D eigenvalue weighted by molar-refractivity contribution is 6.05. The number of H-pyrrole nitrogens is 2. The van der Waals surface area contributed by atoms with Gasteiger partial charge in [-0.2, -0.15) is 0 Å². The molecular weight excluding hydrogens is 765 g/mol. The summed E-state index contributed by atoms with van der Waals surface area (Å²) in [4.78, 5) is 72.6. The number of hydrogen-bond donors (Lipinski definition) is 4. The number of fused-ring (bicyclic) bond motifs is 3. The number of carbonyl (C=O) groups is 4. The number of aryl methyl sites for hydroxylation is 1. The molecule has 7 rings (SSSR count). The van der Waals surface area contributed by atoms with Crippen molar-refractivity contribution >= 4 is 45.8 Å². The minimum atomic E-state index is -0.748. The van der Waals surface area contributed by atoms with Crippen molar-refractivity contribution in [2.24, 2.45) is 17.8 Å². The van der Waals surface area contributed by atoms with Crippen molar-refractivity contribution in [1.29, 1.82) is 0 Å². The van der Waals surface area contributed by atoms with Crippen LogP contribution < -0.4 is 10.6 Å². The van der Waals surface area contributed by atoms with Crippen molar-refractivity contribution < 1.29 is 33.4 Å². The highest BCUT2D eigenvalue weighted by atomic mass is 16.5. The molecule has 15 nitrogen and oxygen atoms in total. The van der Waals surface area contributed by atoms with E-state index in [2.05, 4.69) is 69.1 Å². The number of likely N-dealkylation sites (tertiary alicyclic amines) is 2. The van der Waals surface area contributed by atoms with E-state index in [9.17, 15) is 19.2 Å². The van der Waals surface area contributed by atoms with Crippen LogP contribution in [0.5, 0.6) is 0 Å². The van der Waals surface area contributed by atoms with E-state index in [4.69, 9.17) is 24.2 Å². The van der Waals surface area contributed by atoms with Gasteiger partial charge >= 0.3 is 12.2 Å². The molecule has 2 aliphatic heterocycles. The summed E-state index contributed by atoms with van der Waals surface area (Å²) >= 11 is 0. The molecule has 2 aliphatic rings. The molecule has 318 valence electrons. The number of nitrogens with one attached hydrogen (secondary N) is 4. The lowest BCUT2D eigenvalue weighted by atomic mass is 9.99. The predicted octanol–water partition coefficient (Wildman–Crippen LogP) is 7.04. The Balaban J connectivity index is 1.11. The standard InChI is InChI=1S/C45H56N8O7/c1-24(2)36(50-44(56)59-7)42(54)52-19-9-10-34(52)40-46-26(5)38(48-40)29-13-11-28(12-14-29)30-15-17-32-31(21-30)16-18-33-39(32)49-41(47-33)35-20-27(23-58-6)22-53(35)43(55)37(25(3)4)51-45(57)60-8/h11-18,21,24-25,27,34-37H,9-10,19-20,22-23H2,1-8H3,(H,46,48)(H,47,49)(H,50,56)(H,51,57)/t27-,34-,35-,36?,37-/m0/s1. The van der Waals surface area contributed by atoms with Gasteiger partial charge in [0.2, 0.25) is 11.8 Å². The van der Waals surface area contributed by atoms with Crippen molar-refractivity contribution in [3.8, 4) is 22.4 Å². The van der Waals surface area contributed by atoms with E-state index < -0.39 is 24.3 Å². The molecule has 2 saturated heterocycles. The molecule has 4 heterocycles. The first-order chi connectivity index (χ1) is 28.8. The van der Waals surface area contributed by atoms with Crippen LogP contribution in [0.15, 0.2) is 54.6 Å². The Morgan fingerprint density at radius 1 is 0.767 bits per heavy atom. The SMILES string of the molecule is COC[C@H]1C[C@@H](c2nc3c(ccc4cc(-c5ccc(-c6nc([C@@H]7CCCN7C(=O)C(NC(=O)OC)C(C)C)[nH]c6C)cc5)ccc43)[nH]2)N(C(=O)[C@@H](NC(=O)OC)C(C)C)C1. The number of amides is 4. The number of alkyl carbamates (subject to hydrolysis) is 2. The van der Waals surface area contributed by atoms with E-state index in [1.165, 1.54) is 14.2 Å². The first-order valence-electron chi connectivity index (χ1n) is 20.7. The molecule has 4 amide bonds. The fourth-order valence-corrected chi connectivity index (χ4v) is 8.75. The molecule has 5 aromatic rings. The van der Waals surface area contributed by atoms with Crippen LogP contribution in [0, 0.1) is 24.7 Å². The fourth-order valence-electron chi connectivity index (χ4n) is 8.75. The van der Waals surface area contributed by atoms with Crippen molar-refractivity contribution in [2.45, 2.75) is 78.0 Å². The summed E-state index contributed by atoms with van der Waals surface area (Å²) < 4.78 is 15.1. The van der Waals surface area contributed by atoms with E-state index in [0.717, 1.165) is 68.6 Å². The highest BCUT2D eigenvalue weighted by Crippen LogP contribution is 2.38. The number of hydrogen-bond acceptors (Lipinski definition) is 9. The average Bonchev–Trinajstić information content (AvgIpc) is 4.06. The lowest BCUT2D eigenvalue weighted by Gasteiger charge is -2.30. The zero-order chi connectivity index (χ0) is 42.8. The van der Waals surface area contributed by atoms with Crippen LogP contribution in [0.4, 0.5) is 9.59 Å².